The van der Waals surface area contributed by atoms with E-state index in [1.54, 1.807) is 0 Å². The molecule has 0 saturated carbocycles. The lowest BCUT2D eigenvalue weighted by Crippen LogP contribution is -2.17. The number of hydrogen-bond donors (Lipinski definition) is 3. The second-order valence-corrected chi connectivity index (χ2v) is 3.85. The van der Waals surface area contributed by atoms with Crippen LogP contribution in [0.25, 0.3) is 0 Å². The molecule has 1 aromatic rings. The first-order chi connectivity index (χ1) is 7.19. The minimum absolute atomic E-state index is 0.155. The van der Waals surface area contributed by atoms with Crippen molar-refractivity contribution in [1.29, 1.82) is 0 Å². The van der Waals surface area contributed by atoms with Crippen molar-refractivity contribution in [2.45, 2.75) is 32.3 Å². The molecule has 0 saturated heterocycles. The molecule has 15 heavy (non-hydrogen) atoms. The van der Waals surface area contributed by atoms with Crippen LogP contribution < -0.4 is 5.48 Å². The lowest BCUT2D eigenvalue weighted by molar-refractivity contribution is 0.0921. The summed E-state index contributed by atoms with van der Waals surface area (Å²) >= 11 is 0. The van der Waals surface area contributed by atoms with Crippen LogP contribution in [0.3, 0.4) is 0 Å². The summed E-state index contributed by atoms with van der Waals surface area (Å²) in [6, 6.07) is 7.88. The maximum absolute atomic E-state index is 9.58. The normalized spacial score (nSPS) is 14.9. The minimum atomic E-state index is -0.652. The van der Waals surface area contributed by atoms with Crippen molar-refractivity contribution < 1.29 is 10.3 Å². The Labute approximate surface area is 90.7 Å². The first kappa shape index (κ1) is 12.2. The van der Waals surface area contributed by atoms with Crippen LogP contribution in [0, 0.1) is 0 Å². The summed E-state index contributed by atoms with van der Waals surface area (Å²) in [5.74, 6) is 0.548. The van der Waals surface area contributed by atoms with Crippen LogP contribution >= 0.6 is 0 Å². The summed E-state index contributed by atoms with van der Waals surface area (Å²) in [6.45, 7) is 4.49. The van der Waals surface area contributed by atoms with Crippen LogP contribution in [0.4, 0.5) is 0 Å². The number of rotatable bonds is 5. The quantitative estimate of drug-likeness (QED) is 0.652. The standard InChI is InChI=1S/C12H19NO2/c1-3-9(2)10-4-6-11(7-5-10)12(14)8-13-15/h4-7,9,12-15H,3,8H2,1-2H3. The Kier molecular flexibility index (Phi) is 4.75. The van der Waals surface area contributed by atoms with Gasteiger partial charge in [-0.05, 0) is 23.5 Å². The van der Waals surface area contributed by atoms with Gasteiger partial charge in [-0.1, -0.05) is 38.1 Å². The molecule has 3 N–H and O–H groups in total. The highest BCUT2D eigenvalue weighted by atomic mass is 16.5. The summed E-state index contributed by atoms with van der Waals surface area (Å²) in [5, 5.41) is 18.1. The Morgan fingerprint density at radius 3 is 2.20 bits per heavy atom. The Bertz CT molecular complexity index is 284. The van der Waals surface area contributed by atoms with Gasteiger partial charge in [0.15, 0.2) is 0 Å². The molecule has 0 aliphatic heterocycles. The average Bonchev–Trinajstić information content (AvgIpc) is 2.28. The summed E-state index contributed by atoms with van der Waals surface area (Å²) in [4.78, 5) is 0. The Morgan fingerprint density at radius 1 is 1.20 bits per heavy atom. The van der Waals surface area contributed by atoms with E-state index in [9.17, 15) is 5.11 Å². The molecule has 84 valence electrons. The van der Waals surface area contributed by atoms with Gasteiger partial charge in [-0.25, -0.2) is 5.48 Å². The zero-order valence-corrected chi connectivity index (χ0v) is 9.27. The summed E-state index contributed by atoms with van der Waals surface area (Å²) in [7, 11) is 0. The third-order valence-electron chi connectivity index (χ3n) is 2.79. The summed E-state index contributed by atoms with van der Waals surface area (Å²) in [6.07, 6.45) is 0.459. The van der Waals surface area contributed by atoms with Crippen LogP contribution in [-0.2, 0) is 0 Å². The van der Waals surface area contributed by atoms with Gasteiger partial charge in [0, 0.05) is 0 Å². The van der Waals surface area contributed by atoms with Crippen molar-refractivity contribution >= 4 is 0 Å². The van der Waals surface area contributed by atoms with E-state index in [0.717, 1.165) is 12.0 Å². The van der Waals surface area contributed by atoms with E-state index in [1.807, 2.05) is 29.7 Å². The molecular weight excluding hydrogens is 190 g/mol. The number of aliphatic hydroxyl groups excluding tert-OH is 1. The molecule has 0 heterocycles. The van der Waals surface area contributed by atoms with E-state index < -0.39 is 6.10 Å². The Hall–Kier alpha value is -0.900. The molecule has 0 fully saturated rings. The first-order valence-electron chi connectivity index (χ1n) is 5.34. The third kappa shape index (κ3) is 3.30. The second-order valence-electron chi connectivity index (χ2n) is 3.85. The molecule has 1 rings (SSSR count). The van der Waals surface area contributed by atoms with Gasteiger partial charge in [-0.15, -0.1) is 0 Å². The maximum atomic E-state index is 9.58. The summed E-state index contributed by atoms with van der Waals surface area (Å²) < 4.78 is 0. The molecule has 3 nitrogen and oxygen atoms in total. The van der Waals surface area contributed by atoms with Crippen molar-refractivity contribution in [3.63, 3.8) is 0 Å². The highest BCUT2D eigenvalue weighted by Gasteiger charge is 2.07. The molecule has 3 heteroatoms. The molecule has 0 bridgehead atoms. The smallest absolute Gasteiger partial charge is 0.0937 e. The second kappa shape index (κ2) is 5.85. The fraction of sp³-hybridized carbons (Fsp3) is 0.500. The highest BCUT2D eigenvalue weighted by Crippen LogP contribution is 2.20. The van der Waals surface area contributed by atoms with Crippen molar-refractivity contribution in [2.24, 2.45) is 0 Å². The zero-order chi connectivity index (χ0) is 11.3. The molecule has 0 amide bonds. The van der Waals surface area contributed by atoms with E-state index in [-0.39, 0.29) is 6.54 Å². The zero-order valence-electron chi connectivity index (χ0n) is 9.27. The predicted molar refractivity (Wildman–Crippen MR) is 59.9 cm³/mol. The number of benzene rings is 1. The maximum Gasteiger partial charge on any atom is 0.0937 e. The molecule has 0 aliphatic carbocycles. The van der Waals surface area contributed by atoms with Crippen LogP contribution in [-0.4, -0.2) is 16.9 Å². The molecule has 2 atom stereocenters. The van der Waals surface area contributed by atoms with Crippen molar-refractivity contribution in [2.75, 3.05) is 6.54 Å². The molecule has 1 aromatic carbocycles. The van der Waals surface area contributed by atoms with Gasteiger partial charge in [-0.3, -0.25) is 0 Å². The molecule has 0 aromatic heterocycles. The molecule has 2 unspecified atom stereocenters. The van der Waals surface area contributed by atoms with E-state index in [1.165, 1.54) is 5.56 Å². The lowest BCUT2D eigenvalue weighted by Gasteiger charge is -2.12. The molecular formula is C12H19NO2. The van der Waals surface area contributed by atoms with Gasteiger partial charge in [0.1, 0.15) is 0 Å². The van der Waals surface area contributed by atoms with Gasteiger partial charge in [0.05, 0.1) is 12.6 Å². The van der Waals surface area contributed by atoms with Crippen molar-refractivity contribution in [3.05, 3.63) is 35.4 Å². The molecule has 0 aliphatic rings. The monoisotopic (exact) mass is 209 g/mol. The van der Waals surface area contributed by atoms with Crippen LogP contribution in [0.2, 0.25) is 0 Å². The minimum Gasteiger partial charge on any atom is -0.387 e. The van der Waals surface area contributed by atoms with Crippen LogP contribution in [0.5, 0.6) is 0 Å². The number of aliphatic hydroxyl groups is 1. The average molecular weight is 209 g/mol. The van der Waals surface area contributed by atoms with Gasteiger partial charge in [0.25, 0.3) is 0 Å². The summed E-state index contributed by atoms with van der Waals surface area (Å²) in [5.41, 5.74) is 4.07. The Morgan fingerprint density at radius 2 is 1.73 bits per heavy atom. The van der Waals surface area contributed by atoms with Crippen LogP contribution in [0.1, 0.15) is 43.4 Å². The van der Waals surface area contributed by atoms with Gasteiger partial charge < -0.3 is 10.3 Å². The fourth-order valence-corrected chi connectivity index (χ4v) is 1.49. The Balaban J connectivity index is 2.71. The SMILES string of the molecule is CCC(C)c1ccc(C(O)CNO)cc1. The van der Waals surface area contributed by atoms with Crippen molar-refractivity contribution in [3.8, 4) is 0 Å². The van der Waals surface area contributed by atoms with Gasteiger partial charge in [-0.2, -0.15) is 0 Å². The number of hydrogen-bond acceptors (Lipinski definition) is 3. The van der Waals surface area contributed by atoms with E-state index in [0.29, 0.717) is 5.92 Å². The van der Waals surface area contributed by atoms with Crippen molar-refractivity contribution in [1.82, 2.24) is 5.48 Å². The van der Waals surface area contributed by atoms with E-state index in [4.69, 9.17) is 5.21 Å². The third-order valence-corrected chi connectivity index (χ3v) is 2.79. The van der Waals surface area contributed by atoms with E-state index >= 15 is 0 Å². The first-order valence-corrected chi connectivity index (χ1v) is 5.34. The van der Waals surface area contributed by atoms with Gasteiger partial charge >= 0.3 is 0 Å². The lowest BCUT2D eigenvalue weighted by atomic mass is 9.96. The number of nitrogens with one attached hydrogen (secondary N) is 1. The molecule has 0 radical (unpaired) electrons. The van der Waals surface area contributed by atoms with E-state index in [2.05, 4.69) is 13.8 Å². The highest BCUT2D eigenvalue weighted by molar-refractivity contribution is 5.26. The van der Waals surface area contributed by atoms with Crippen LogP contribution in [0.15, 0.2) is 24.3 Å². The predicted octanol–water partition coefficient (Wildman–Crippen LogP) is 2.21. The number of hydroxylamine groups is 1. The largest absolute Gasteiger partial charge is 0.387 e. The molecule has 0 spiro atoms. The topological polar surface area (TPSA) is 52.5 Å². The van der Waals surface area contributed by atoms with Gasteiger partial charge in [0.2, 0.25) is 0 Å². The fourth-order valence-electron chi connectivity index (χ4n) is 1.49.